The average Bonchev–Trinajstić information content (AvgIpc) is 2.89. The zero-order valence-electron chi connectivity index (χ0n) is 15.0. The largest absolute Gasteiger partial charge is 0.403 e. The van der Waals surface area contributed by atoms with Gasteiger partial charge in [0.15, 0.2) is 5.96 Å². The van der Waals surface area contributed by atoms with Crippen LogP contribution in [0.3, 0.4) is 0 Å². The lowest BCUT2D eigenvalue weighted by Gasteiger charge is -2.39. The molecule has 1 atom stereocenters. The van der Waals surface area contributed by atoms with Crippen molar-refractivity contribution in [1.29, 1.82) is 0 Å². The molecule has 2 rings (SSSR count). The van der Waals surface area contributed by atoms with Gasteiger partial charge in [-0.05, 0) is 13.3 Å². The van der Waals surface area contributed by atoms with Gasteiger partial charge in [-0.2, -0.15) is 13.2 Å². The number of piperazine rings is 1. The number of nitrogens with zero attached hydrogens (tertiary/aromatic N) is 4. The number of nitrogens with one attached hydrogen (secondary N) is 1. The molecule has 2 heterocycles. The maximum atomic E-state index is 12.8. The van der Waals surface area contributed by atoms with E-state index in [4.69, 9.17) is 0 Å². The van der Waals surface area contributed by atoms with E-state index < -0.39 is 22.2 Å². The van der Waals surface area contributed by atoms with E-state index in [1.165, 1.54) is 16.1 Å². The molecular formula is C14H27F3IN5O2S. The minimum absolute atomic E-state index is 0. The van der Waals surface area contributed by atoms with Crippen molar-refractivity contribution in [1.82, 2.24) is 19.4 Å². The Hall–Kier alpha value is -0.340. The Bertz CT molecular complexity index is 580. The van der Waals surface area contributed by atoms with Crippen LogP contribution in [-0.2, 0) is 10.0 Å². The fraction of sp³-hybridized carbons (Fsp3) is 0.929. The highest BCUT2D eigenvalue weighted by molar-refractivity contribution is 14.0. The summed E-state index contributed by atoms with van der Waals surface area (Å²) in [5.41, 5.74) is 0. The van der Waals surface area contributed by atoms with Gasteiger partial charge in [-0.3, -0.25) is 9.89 Å². The van der Waals surface area contributed by atoms with E-state index in [0.717, 1.165) is 0 Å². The van der Waals surface area contributed by atoms with E-state index in [0.29, 0.717) is 58.2 Å². The SMILES string of the molecule is CN=C(NCCN1CCCS1(=O)=O)N1CCN(C(C)C(F)(F)F)CC1.I. The molecule has 0 aromatic heterocycles. The van der Waals surface area contributed by atoms with Gasteiger partial charge in [-0.25, -0.2) is 12.7 Å². The second-order valence-corrected chi connectivity index (χ2v) is 8.37. The number of aliphatic imine (C=N–C) groups is 1. The van der Waals surface area contributed by atoms with Crippen LogP contribution in [0.15, 0.2) is 4.99 Å². The minimum atomic E-state index is -4.22. The topological polar surface area (TPSA) is 68.2 Å². The van der Waals surface area contributed by atoms with Gasteiger partial charge in [0.1, 0.15) is 6.04 Å². The number of rotatable bonds is 4. The molecular weight excluding hydrogens is 486 g/mol. The summed E-state index contributed by atoms with van der Waals surface area (Å²) in [6, 6.07) is -1.45. The van der Waals surface area contributed by atoms with Gasteiger partial charge in [0.25, 0.3) is 0 Å². The Morgan fingerprint density at radius 3 is 2.27 bits per heavy atom. The minimum Gasteiger partial charge on any atom is -0.355 e. The number of sulfonamides is 1. The fourth-order valence-corrected chi connectivity index (χ4v) is 4.62. The Balaban J connectivity index is 0.00000338. The number of hydrogen-bond acceptors (Lipinski definition) is 4. The molecule has 0 aromatic rings. The second kappa shape index (κ2) is 9.73. The third-order valence-electron chi connectivity index (χ3n) is 4.69. The van der Waals surface area contributed by atoms with Gasteiger partial charge in [-0.15, -0.1) is 24.0 Å². The molecule has 0 amide bonds. The van der Waals surface area contributed by atoms with Crippen molar-refractivity contribution >= 4 is 40.0 Å². The van der Waals surface area contributed by atoms with E-state index in [9.17, 15) is 21.6 Å². The first-order chi connectivity index (χ1) is 11.6. The molecule has 7 nitrogen and oxygen atoms in total. The van der Waals surface area contributed by atoms with Crippen molar-refractivity contribution in [2.45, 2.75) is 25.6 Å². The summed E-state index contributed by atoms with van der Waals surface area (Å²) in [6.07, 6.45) is -3.57. The van der Waals surface area contributed by atoms with Gasteiger partial charge in [0.05, 0.1) is 5.75 Å². The Morgan fingerprint density at radius 2 is 1.81 bits per heavy atom. The summed E-state index contributed by atoms with van der Waals surface area (Å²) in [7, 11) is -1.51. The highest BCUT2D eigenvalue weighted by Gasteiger charge is 2.41. The molecule has 154 valence electrons. The number of guanidine groups is 1. The van der Waals surface area contributed by atoms with Crippen molar-refractivity contribution < 1.29 is 21.6 Å². The molecule has 2 fully saturated rings. The van der Waals surface area contributed by atoms with Gasteiger partial charge >= 0.3 is 6.18 Å². The zero-order chi connectivity index (χ0) is 18.7. The van der Waals surface area contributed by atoms with Gasteiger partial charge in [0.2, 0.25) is 10.0 Å². The molecule has 1 N–H and O–H groups in total. The van der Waals surface area contributed by atoms with Crippen LogP contribution in [0.2, 0.25) is 0 Å². The van der Waals surface area contributed by atoms with Crippen LogP contribution in [0.4, 0.5) is 13.2 Å². The lowest BCUT2D eigenvalue weighted by Crippen LogP contribution is -2.57. The third kappa shape index (κ3) is 6.09. The first kappa shape index (κ1) is 23.7. The zero-order valence-corrected chi connectivity index (χ0v) is 18.1. The van der Waals surface area contributed by atoms with Gasteiger partial charge < -0.3 is 10.2 Å². The average molecular weight is 513 g/mol. The first-order valence-electron chi connectivity index (χ1n) is 8.39. The Morgan fingerprint density at radius 1 is 1.19 bits per heavy atom. The Labute approximate surface area is 170 Å². The van der Waals surface area contributed by atoms with E-state index in [-0.39, 0.29) is 29.7 Å². The predicted molar refractivity (Wildman–Crippen MR) is 105 cm³/mol. The molecule has 2 aliphatic rings. The van der Waals surface area contributed by atoms with Crippen LogP contribution >= 0.6 is 24.0 Å². The normalized spacial score (nSPS) is 23.6. The molecule has 0 spiro atoms. The van der Waals surface area contributed by atoms with Crippen LogP contribution in [-0.4, -0.2) is 99.3 Å². The maximum Gasteiger partial charge on any atom is 0.403 e. The standard InChI is InChI=1S/C14H26F3N5O2S.HI/c1-12(14(15,16)17)20-7-9-21(10-8-20)13(18-2)19-4-6-22-5-3-11-25(22,23)24;/h12H,3-11H2,1-2H3,(H,18,19);1H. The summed E-state index contributed by atoms with van der Waals surface area (Å²) < 4.78 is 63.3. The van der Waals surface area contributed by atoms with Crippen molar-refractivity contribution in [2.24, 2.45) is 4.99 Å². The smallest absolute Gasteiger partial charge is 0.355 e. The van der Waals surface area contributed by atoms with E-state index in [1.807, 2.05) is 4.90 Å². The quantitative estimate of drug-likeness (QED) is 0.342. The van der Waals surface area contributed by atoms with Crippen molar-refractivity contribution in [3.8, 4) is 0 Å². The van der Waals surface area contributed by atoms with Gasteiger partial charge in [0, 0.05) is 52.9 Å². The molecule has 12 heteroatoms. The molecule has 0 bridgehead atoms. The summed E-state index contributed by atoms with van der Waals surface area (Å²) >= 11 is 0. The van der Waals surface area contributed by atoms with E-state index in [2.05, 4.69) is 10.3 Å². The lowest BCUT2D eigenvalue weighted by atomic mass is 10.2. The van der Waals surface area contributed by atoms with E-state index in [1.54, 1.807) is 7.05 Å². The number of halogens is 4. The molecule has 0 aliphatic carbocycles. The fourth-order valence-electron chi connectivity index (χ4n) is 3.10. The van der Waals surface area contributed by atoms with Crippen molar-refractivity contribution in [3.05, 3.63) is 0 Å². The van der Waals surface area contributed by atoms with Crippen LogP contribution in [0.5, 0.6) is 0 Å². The van der Waals surface area contributed by atoms with Gasteiger partial charge in [-0.1, -0.05) is 0 Å². The summed E-state index contributed by atoms with van der Waals surface area (Å²) in [4.78, 5) is 7.47. The number of hydrogen-bond donors (Lipinski definition) is 1. The van der Waals surface area contributed by atoms with E-state index >= 15 is 0 Å². The molecule has 2 aliphatic heterocycles. The van der Waals surface area contributed by atoms with Crippen LogP contribution in [0.1, 0.15) is 13.3 Å². The maximum absolute atomic E-state index is 12.8. The molecule has 26 heavy (non-hydrogen) atoms. The Kier molecular flexibility index (Phi) is 8.87. The van der Waals surface area contributed by atoms with Crippen LogP contribution in [0.25, 0.3) is 0 Å². The van der Waals surface area contributed by atoms with Crippen LogP contribution < -0.4 is 5.32 Å². The first-order valence-corrected chi connectivity index (χ1v) is 10.0. The molecule has 1 unspecified atom stereocenters. The summed E-state index contributed by atoms with van der Waals surface area (Å²) in [5.74, 6) is 0.789. The second-order valence-electron chi connectivity index (χ2n) is 6.28. The highest BCUT2D eigenvalue weighted by atomic mass is 127. The third-order valence-corrected chi connectivity index (χ3v) is 6.65. The lowest BCUT2D eigenvalue weighted by molar-refractivity contribution is -0.181. The van der Waals surface area contributed by atoms with Crippen molar-refractivity contribution in [2.75, 3.05) is 58.6 Å². The molecule has 0 aromatic carbocycles. The molecule has 2 saturated heterocycles. The van der Waals surface area contributed by atoms with Crippen LogP contribution in [0, 0.1) is 0 Å². The molecule has 0 radical (unpaired) electrons. The summed E-state index contributed by atoms with van der Waals surface area (Å²) in [6.45, 7) is 4.02. The number of alkyl halides is 3. The predicted octanol–water partition coefficient (Wildman–Crippen LogP) is 0.784. The van der Waals surface area contributed by atoms with Crippen molar-refractivity contribution in [3.63, 3.8) is 0 Å². The highest BCUT2D eigenvalue weighted by Crippen LogP contribution is 2.25. The molecule has 0 saturated carbocycles. The monoisotopic (exact) mass is 513 g/mol. The summed E-state index contributed by atoms with van der Waals surface area (Å²) in [5, 5.41) is 3.11.